The molecule has 2 heterocycles. The van der Waals surface area contributed by atoms with Gasteiger partial charge in [-0.25, -0.2) is 9.97 Å². The van der Waals surface area contributed by atoms with Gasteiger partial charge in [-0.2, -0.15) is 0 Å². The summed E-state index contributed by atoms with van der Waals surface area (Å²) < 4.78 is 11.3. The van der Waals surface area contributed by atoms with Crippen molar-refractivity contribution in [2.75, 3.05) is 25.5 Å². The van der Waals surface area contributed by atoms with Crippen molar-refractivity contribution >= 4 is 22.5 Å². The molecule has 3 aromatic rings. The lowest BCUT2D eigenvalue weighted by molar-refractivity contribution is 0.162. The average Bonchev–Trinajstić information content (AvgIpc) is 2.68. The molecule has 1 aliphatic rings. The fourth-order valence-corrected chi connectivity index (χ4v) is 3.14. The van der Waals surface area contributed by atoms with Crippen molar-refractivity contribution in [2.45, 2.75) is 18.9 Å². The number of nitrogens with zero attached hydrogens (tertiary/aromatic N) is 2. The molecule has 1 aromatic heterocycles. The van der Waals surface area contributed by atoms with Crippen LogP contribution in [-0.4, -0.2) is 41.4 Å². The Labute approximate surface area is 157 Å². The molecule has 7 heteroatoms. The van der Waals surface area contributed by atoms with Gasteiger partial charge in [-0.3, -0.25) is 0 Å². The first kappa shape index (κ1) is 17.4. The van der Waals surface area contributed by atoms with Crippen LogP contribution < -0.4 is 20.1 Å². The van der Waals surface area contributed by atoms with Gasteiger partial charge in [-0.1, -0.05) is 0 Å². The van der Waals surface area contributed by atoms with E-state index in [0.29, 0.717) is 17.4 Å². The largest absolute Gasteiger partial charge is 0.508 e. The predicted octanol–water partition coefficient (Wildman–Crippen LogP) is 3.22. The maximum absolute atomic E-state index is 9.79. The number of aromatic hydroxyl groups is 1. The van der Waals surface area contributed by atoms with Crippen LogP contribution in [0.2, 0.25) is 0 Å². The first-order valence-electron chi connectivity index (χ1n) is 8.99. The number of benzene rings is 2. The van der Waals surface area contributed by atoms with E-state index >= 15 is 0 Å². The van der Waals surface area contributed by atoms with Crippen molar-refractivity contribution in [1.82, 2.24) is 15.3 Å². The Hall–Kier alpha value is -3.06. The van der Waals surface area contributed by atoms with Crippen molar-refractivity contribution in [3.63, 3.8) is 0 Å². The number of anilines is 2. The minimum absolute atomic E-state index is 0.107. The minimum Gasteiger partial charge on any atom is -0.508 e. The molecule has 4 rings (SSSR count). The van der Waals surface area contributed by atoms with Gasteiger partial charge in [0.05, 0.1) is 12.6 Å². The second-order valence-electron chi connectivity index (χ2n) is 6.53. The average molecular weight is 366 g/mol. The molecule has 0 aliphatic carbocycles. The third-order valence-electron chi connectivity index (χ3n) is 4.53. The van der Waals surface area contributed by atoms with Gasteiger partial charge in [0.2, 0.25) is 5.95 Å². The molecule has 0 unspecified atom stereocenters. The van der Waals surface area contributed by atoms with Gasteiger partial charge in [0.15, 0.2) is 0 Å². The first-order chi connectivity index (χ1) is 13.2. The summed E-state index contributed by atoms with van der Waals surface area (Å²) >= 11 is 0. The topological polar surface area (TPSA) is 88.5 Å². The van der Waals surface area contributed by atoms with Crippen molar-refractivity contribution in [1.29, 1.82) is 0 Å². The maximum atomic E-state index is 9.79. The van der Waals surface area contributed by atoms with E-state index in [1.165, 1.54) is 6.07 Å². The van der Waals surface area contributed by atoms with E-state index in [1.54, 1.807) is 25.4 Å². The molecular weight excluding hydrogens is 344 g/mol. The maximum Gasteiger partial charge on any atom is 0.227 e. The summed E-state index contributed by atoms with van der Waals surface area (Å²) in [6.45, 7) is 1.98. The summed E-state index contributed by atoms with van der Waals surface area (Å²) in [6.07, 6.45) is 4.02. The quantitative estimate of drug-likeness (QED) is 0.639. The molecule has 1 aliphatic heterocycles. The summed E-state index contributed by atoms with van der Waals surface area (Å²) in [7, 11) is 1.55. The number of phenolic OH excluding ortho intramolecular Hbond substituents is 1. The Kier molecular flexibility index (Phi) is 4.93. The lowest BCUT2D eigenvalue weighted by atomic mass is 10.1. The fraction of sp³-hybridized carbons (Fsp3) is 0.300. The normalized spacial score (nSPS) is 14.9. The smallest absolute Gasteiger partial charge is 0.227 e. The highest BCUT2D eigenvalue weighted by Gasteiger charge is 2.14. The van der Waals surface area contributed by atoms with Crippen molar-refractivity contribution < 1.29 is 14.6 Å². The van der Waals surface area contributed by atoms with Crippen LogP contribution in [0.3, 0.4) is 0 Å². The minimum atomic E-state index is 0.107. The molecular formula is C20H22N4O3. The lowest BCUT2D eigenvalue weighted by Gasteiger charge is -2.23. The van der Waals surface area contributed by atoms with Gasteiger partial charge in [0.1, 0.15) is 23.4 Å². The summed E-state index contributed by atoms with van der Waals surface area (Å²) in [6, 6.07) is 10.8. The zero-order valence-electron chi connectivity index (χ0n) is 15.1. The van der Waals surface area contributed by atoms with E-state index in [1.807, 2.05) is 18.2 Å². The summed E-state index contributed by atoms with van der Waals surface area (Å²) in [5.41, 5.74) is 1.44. The Morgan fingerprint density at radius 3 is 2.78 bits per heavy atom. The number of phenols is 1. The van der Waals surface area contributed by atoms with Crippen LogP contribution in [0.25, 0.3) is 10.9 Å². The Bertz CT molecular complexity index is 942. The molecule has 27 heavy (non-hydrogen) atoms. The molecule has 3 N–H and O–H groups in total. The fourth-order valence-electron chi connectivity index (χ4n) is 3.14. The van der Waals surface area contributed by atoms with E-state index in [4.69, 9.17) is 9.47 Å². The first-order valence-corrected chi connectivity index (χ1v) is 8.99. The Balaban J connectivity index is 1.56. The summed E-state index contributed by atoms with van der Waals surface area (Å²) in [5.74, 6) is 1.92. The van der Waals surface area contributed by atoms with Crippen LogP contribution >= 0.6 is 0 Å². The van der Waals surface area contributed by atoms with Crippen LogP contribution in [0.1, 0.15) is 12.8 Å². The molecule has 1 saturated heterocycles. The third kappa shape index (κ3) is 4.20. The highest BCUT2D eigenvalue weighted by molar-refractivity contribution is 5.80. The number of nitrogens with one attached hydrogen (secondary N) is 2. The number of hydrogen-bond donors (Lipinski definition) is 3. The van der Waals surface area contributed by atoms with Gasteiger partial charge in [-0.15, -0.1) is 0 Å². The molecule has 0 spiro atoms. The van der Waals surface area contributed by atoms with Crippen LogP contribution in [0, 0.1) is 0 Å². The molecule has 0 amide bonds. The molecule has 140 valence electrons. The molecule has 7 nitrogen and oxygen atoms in total. The molecule has 0 radical (unpaired) electrons. The highest BCUT2D eigenvalue weighted by Crippen LogP contribution is 2.27. The van der Waals surface area contributed by atoms with E-state index < -0.39 is 0 Å². The molecule has 0 bridgehead atoms. The number of methoxy groups -OCH3 is 1. The summed E-state index contributed by atoms with van der Waals surface area (Å²) in [4.78, 5) is 8.91. The van der Waals surface area contributed by atoms with E-state index in [0.717, 1.165) is 42.6 Å². The number of aromatic nitrogens is 2. The van der Waals surface area contributed by atoms with Gasteiger partial charge < -0.3 is 25.2 Å². The second kappa shape index (κ2) is 7.67. The van der Waals surface area contributed by atoms with Gasteiger partial charge in [0, 0.05) is 41.5 Å². The van der Waals surface area contributed by atoms with Crippen LogP contribution in [0.15, 0.2) is 42.6 Å². The molecule has 1 fully saturated rings. The standard InChI is InChI=1S/C20H22N4O3/c1-26-18-9-14(8-15(25)10-18)23-20-22-12-13-2-3-17(11-19(13)24-20)27-16-4-6-21-7-5-16/h2-3,8-12,16,21,25H,4-7H2,1H3,(H,22,23,24). The highest BCUT2D eigenvalue weighted by atomic mass is 16.5. The predicted molar refractivity (Wildman–Crippen MR) is 104 cm³/mol. The number of fused-ring (bicyclic) bond motifs is 1. The SMILES string of the molecule is COc1cc(O)cc(Nc2ncc3ccc(OC4CCNCC4)cc3n2)c1. The van der Waals surface area contributed by atoms with Crippen LogP contribution in [0.4, 0.5) is 11.6 Å². The zero-order chi connectivity index (χ0) is 18.6. The van der Waals surface area contributed by atoms with Gasteiger partial charge >= 0.3 is 0 Å². The van der Waals surface area contributed by atoms with E-state index in [-0.39, 0.29) is 11.9 Å². The van der Waals surface area contributed by atoms with Crippen LogP contribution in [-0.2, 0) is 0 Å². The number of piperidine rings is 1. The van der Waals surface area contributed by atoms with Crippen molar-refractivity contribution in [3.05, 3.63) is 42.6 Å². The van der Waals surface area contributed by atoms with Crippen molar-refractivity contribution in [3.8, 4) is 17.2 Å². The number of rotatable bonds is 5. The molecule has 2 aromatic carbocycles. The third-order valence-corrected chi connectivity index (χ3v) is 4.53. The van der Waals surface area contributed by atoms with Gasteiger partial charge in [0.25, 0.3) is 0 Å². The van der Waals surface area contributed by atoms with E-state index in [9.17, 15) is 5.11 Å². The monoisotopic (exact) mass is 366 g/mol. The number of ether oxygens (including phenoxy) is 2. The second-order valence-corrected chi connectivity index (χ2v) is 6.53. The number of hydrogen-bond acceptors (Lipinski definition) is 7. The van der Waals surface area contributed by atoms with Crippen molar-refractivity contribution in [2.24, 2.45) is 0 Å². The lowest BCUT2D eigenvalue weighted by Crippen LogP contribution is -2.34. The Morgan fingerprint density at radius 1 is 1.11 bits per heavy atom. The van der Waals surface area contributed by atoms with Crippen LogP contribution in [0.5, 0.6) is 17.2 Å². The zero-order valence-corrected chi connectivity index (χ0v) is 15.1. The molecule has 0 saturated carbocycles. The summed E-state index contributed by atoms with van der Waals surface area (Å²) in [5, 5.41) is 17.2. The Morgan fingerprint density at radius 2 is 1.96 bits per heavy atom. The van der Waals surface area contributed by atoms with E-state index in [2.05, 4.69) is 20.6 Å². The van der Waals surface area contributed by atoms with Gasteiger partial charge in [-0.05, 0) is 38.1 Å². The molecule has 0 atom stereocenters.